The highest BCUT2D eigenvalue weighted by atomic mass is 35.5. The van der Waals surface area contributed by atoms with Gasteiger partial charge in [0.1, 0.15) is 11.1 Å². The second-order valence-electron chi connectivity index (χ2n) is 11.8. The van der Waals surface area contributed by atoms with Crippen molar-refractivity contribution in [2.75, 3.05) is 5.32 Å². The van der Waals surface area contributed by atoms with Crippen LogP contribution in [0.4, 0.5) is 18.3 Å². The number of fused-ring (bicyclic) bond motifs is 2. The Bertz CT molecular complexity index is 2020. The molecule has 3 N–H and O–H groups in total. The van der Waals surface area contributed by atoms with Gasteiger partial charge in [-0.2, -0.15) is 13.2 Å². The molecule has 2 aromatic heterocycles. The van der Waals surface area contributed by atoms with Crippen molar-refractivity contribution in [3.05, 3.63) is 88.7 Å². The molecule has 1 fully saturated rings. The van der Waals surface area contributed by atoms with E-state index in [1.54, 1.807) is 32.1 Å². The molecule has 0 spiro atoms. The summed E-state index contributed by atoms with van der Waals surface area (Å²) in [5, 5.41) is 11.2. The summed E-state index contributed by atoms with van der Waals surface area (Å²) in [4.78, 5) is 34.5. The molecule has 0 radical (unpaired) electrons. The summed E-state index contributed by atoms with van der Waals surface area (Å²) in [5.74, 6) is -2.38. The van der Waals surface area contributed by atoms with E-state index < -0.39 is 33.0 Å². The third-order valence-corrected chi connectivity index (χ3v) is 10.8. The van der Waals surface area contributed by atoms with E-state index in [1.807, 2.05) is 66.7 Å². The molecule has 0 bridgehead atoms. The molecule has 3 heterocycles. The van der Waals surface area contributed by atoms with Gasteiger partial charge in [0.25, 0.3) is 0 Å². The maximum Gasteiger partial charge on any atom is 0.490 e. The topological polar surface area (TPSA) is 145 Å². The van der Waals surface area contributed by atoms with Crippen molar-refractivity contribution in [1.29, 1.82) is 0 Å². The van der Waals surface area contributed by atoms with E-state index in [0.29, 0.717) is 17.0 Å². The van der Waals surface area contributed by atoms with Crippen LogP contribution < -0.4 is 5.32 Å². The van der Waals surface area contributed by atoms with E-state index in [9.17, 15) is 26.4 Å². The van der Waals surface area contributed by atoms with Gasteiger partial charge in [0, 0.05) is 5.02 Å². The number of hydrogen-bond acceptors (Lipinski definition) is 8. The number of para-hydroxylation sites is 1. The minimum Gasteiger partial charge on any atom is -0.475 e. The van der Waals surface area contributed by atoms with Gasteiger partial charge in [-0.1, -0.05) is 59.3 Å². The van der Waals surface area contributed by atoms with Gasteiger partial charge in [-0.25, -0.2) is 27.5 Å². The number of thiazole rings is 1. The quantitative estimate of drug-likeness (QED) is 0.167. The zero-order chi connectivity index (χ0) is 34.3. The summed E-state index contributed by atoms with van der Waals surface area (Å²) < 4.78 is 60.4. The summed E-state index contributed by atoms with van der Waals surface area (Å²) in [6, 6.07) is 20.7. The number of H-pyrrole nitrogens is 1. The molecule has 0 aliphatic carbocycles. The number of aromatic amines is 1. The minimum atomic E-state index is -5.08. The number of halogens is 4. The largest absolute Gasteiger partial charge is 0.490 e. The molecule has 1 amide bonds. The number of carbonyl (C=O) groups excluding carboxylic acids is 1. The summed E-state index contributed by atoms with van der Waals surface area (Å²) >= 11 is 7.78. The molecular weight excluding hydrogens is 679 g/mol. The van der Waals surface area contributed by atoms with Crippen LogP contribution in [0.3, 0.4) is 0 Å². The molecule has 248 valence electrons. The SMILES string of the molecule is CC(C)(C)N1C(=O)CC(c2ccc(C[C@H](Nc3nc4ccccc4s3)c3nc4ccc(Cl)cc4[nH]3)cc2)S1(=O)=O.O=C(O)C(F)(F)F. The number of anilines is 1. The number of carbonyl (C=O) groups is 2. The van der Waals surface area contributed by atoms with Crippen LogP contribution in [-0.2, 0) is 26.0 Å². The lowest BCUT2D eigenvalue weighted by Gasteiger charge is -2.30. The number of sulfonamides is 1. The fourth-order valence-electron chi connectivity index (χ4n) is 5.23. The highest BCUT2D eigenvalue weighted by Gasteiger charge is 2.49. The van der Waals surface area contributed by atoms with Crippen LogP contribution in [0.5, 0.6) is 0 Å². The van der Waals surface area contributed by atoms with Gasteiger partial charge in [-0.3, -0.25) is 4.79 Å². The minimum absolute atomic E-state index is 0.0533. The fourth-order valence-corrected chi connectivity index (χ4v) is 8.55. The Kier molecular flexibility index (Phi) is 9.27. The molecule has 6 rings (SSSR count). The van der Waals surface area contributed by atoms with Crippen LogP contribution in [-0.4, -0.2) is 56.4 Å². The lowest BCUT2D eigenvalue weighted by molar-refractivity contribution is -0.192. The number of imidazole rings is 1. The second kappa shape index (κ2) is 12.8. The smallest absolute Gasteiger partial charge is 0.475 e. The molecule has 10 nitrogen and oxygen atoms in total. The number of nitrogens with one attached hydrogen (secondary N) is 2. The van der Waals surface area contributed by atoms with E-state index in [0.717, 1.165) is 42.1 Å². The number of rotatable bonds is 6. The van der Waals surface area contributed by atoms with Crippen molar-refractivity contribution in [2.24, 2.45) is 0 Å². The third-order valence-electron chi connectivity index (χ3n) is 7.23. The zero-order valence-electron chi connectivity index (χ0n) is 25.2. The number of amides is 1. The predicted molar refractivity (Wildman–Crippen MR) is 174 cm³/mol. The zero-order valence-corrected chi connectivity index (χ0v) is 27.6. The molecule has 2 atom stereocenters. The average molecular weight is 708 g/mol. The normalized spacial score (nSPS) is 17.0. The van der Waals surface area contributed by atoms with Crippen molar-refractivity contribution < 1.29 is 36.3 Å². The Balaban J connectivity index is 0.000000559. The number of nitrogens with zero attached hydrogens (tertiary/aromatic N) is 3. The molecule has 1 saturated heterocycles. The Labute approximate surface area is 276 Å². The number of carboxylic acids is 1. The number of benzene rings is 3. The number of carboxylic acid groups (broad SMARTS) is 1. The highest BCUT2D eigenvalue weighted by Crippen LogP contribution is 2.40. The summed E-state index contributed by atoms with van der Waals surface area (Å²) in [6.07, 6.45) is -4.57. The lowest BCUT2D eigenvalue weighted by atomic mass is 10.0. The van der Waals surface area contributed by atoms with Crippen molar-refractivity contribution in [1.82, 2.24) is 19.3 Å². The Morgan fingerprint density at radius 1 is 1.09 bits per heavy atom. The summed E-state index contributed by atoms with van der Waals surface area (Å²) in [5.41, 5.74) is 3.36. The highest BCUT2D eigenvalue weighted by molar-refractivity contribution is 7.90. The fraction of sp³-hybridized carbons (Fsp3) is 0.290. The molecular formula is C31H29ClF3N5O5S2. The summed E-state index contributed by atoms with van der Waals surface area (Å²) in [7, 11) is -3.80. The maximum absolute atomic E-state index is 13.3. The van der Waals surface area contributed by atoms with Gasteiger partial charge in [-0.05, 0) is 68.7 Å². The van der Waals surface area contributed by atoms with Gasteiger partial charge in [0.05, 0.1) is 39.3 Å². The summed E-state index contributed by atoms with van der Waals surface area (Å²) in [6.45, 7) is 5.20. The third kappa shape index (κ3) is 7.52. The first-order chi connectivity index (χ1) is 21.9. The van der Waals surface area contributed by atoms with E-state index in [4.69, 9.17) is 31.5 Å². The molecule has 47 heavy (non-hydrogen) atoms. The molecule has 1 aliphatic heterocycles. The van der Waals surface area contributed by atoms with Crippen LogP contribution in [0.1, 0.15) is 55.4 Å². The number of hydrogen-bond donors (Lipinski definition) is 3. The van der Waals surface area contributed by atoms with E-state index >= 15 is 0 Å². The lowest BCUT2D eigenvalue weighted by Crippen LogP contribution is -2.45. The van der Waals surface area contributed by atoms with Gasteiger partial charge < -0.3 is 15.4 Å². The van der Waals surface area contributed by atoms with Gasteiger partial charge in [0.15, 0.2) is 5.13 Å². The monoisotopic (exact) mass is 707 g/mol. The second-order valence-corrected chi connectivity index (χ2v) is 15.2. The number of alkyl halides is 3. The average Bonchev–Trinajstić information content (AvgIpc) is 3.64. The van der Waals surface area contributed by atoms with Gasteiger partial charge in [-0.15, -0.1) is 0 Å². The molecule has 0 saturated carbocycles. The molecule has 5 aromatic rings. The predicted octanol–water partition coefficient (Wildman–Crippen LogP) is 7.26. The number of aromatic nitrogens is 3. The molecule has 1 unspecified atom stereocenters. The van der Waals surface area contributed by atoms with E-state index in [2.05, 4.69) is 10.3 Å². The Morgan fingerprint density at radius 2 is 1.74 bits per heavy atom. The van der Waals surface area contributed by atoms with Crippen molar-refractivity contribution >= 4 is 71.2 Å². The van der Waals surface area contributed by atoms with Crippen molar-refractivity contribution in [2.45, 2.75) is 56.6 Å². The standard InChI is InChI=1S/C29H28ClN5O3S2.C2HF3O2/c1-29(2,3)35-26(36)16-25(40(35,37)38)18-10-8-17(9-11-18)14-23(27-31-20-13-12-19(30)15-22(20)32-27)34-28-33-21-6-4-5-7-24(21)39-28;3-2(4,5)1(6)7/h4-13,15,23,25H,14,16H2,1-3H3,(H,31,32)(H,33,34);(H,6,7)/t23-,25?;/m0./s1. The molecule has 1 aliphatic rings. The first-order valence-electron chi connectivity index (χ1n) is 14.2. The van der Waals surface area contributed by atoms with Gasteiger partial charge >= 0.3 is 12.1 Å². The van der Waals surface area contributed by atoms with Crippen LogP contribution >= 0.6 is 22.9 Å². The Hall–Kier alpha value is -4.21. The van der Waals surface area contributed by atoms with Crippen LogP contribution in [0.25, 0.3) is 21.3 Å². The van der Waals surface area contributed by atoms with Crippen LogP contribution in [0, 0.1) is 0 Å². The molecule has 16 heteroatoms. The first kappa shape index (κ1) is 34.1. The first-order valence-corrected chi connectivity index (χ1v) is 16.9. The van der Waals surface area contributed by atoms with Crippen molar-refractivity contribution in [3.63, 3.8) is 0 Å². The van der Waals surface area contributed by atoms with Crippen LogP contribution in [0.15, 0.2) is 66.7 Å². The maximum atomic E-state index is 13.3. The van der Waals surface area contributed by atoms with Crippen LogP contribution in [0.2, 0.25) is 5.02 Å². The van der Waals surface area contributed by atoms with E-state index in [-0.39, 0.29) is 18.4 Å². The number of aliphatic carboxylic acids is 1. The Morgan fingerprint density at radius 3 is 2.34 bits per heavy atom. The van der Waals surface area contributed by atoms with Crippen molar-refractivity contribution in [3.8, 4) is 0 Å². The van der Waals surface area contributed by atoms with Gasteiger partial charge in [0.2, 0.25) is 15.9 Å². The molecule has 3 aromatic carbocycles. The van der Waals surface area contributed by atoms with E-state index in [1.165, 1.54) is 0 Å².